The van der Waals surface area contributed by atoms with Crippen molar-refractivity contribution in [3.63, 3.8) is 0 Å². The third-order valence-electron chi connectivity index (χ3n) is 4.89. The molecular formula is C16H29NO5. The van der Waals surface area contributed by atoms with E-state index < -0.39 is 36.5 Å². The highest BCUT2D eigenvalue weighted by Gasteiger charge is 2.53. The lowest BCUT2D eigenvalue weighted by Crippen LogP contribution is -2.65. The van der Waals surface area contributed by atoms with E-state index in [1.807, 2.05) is 0 Å². The molecular weight excluding hydrogens is 286 g/mol. The minimum absolute atomic E-state index is 0.0807. The largest absolute Gasteiger partial charge is 0.447 e. The van der Waals surface area contributed by atoms with Crippen molar-refractivity contribution in [2.45, 2.75) is 88.7 Å². The normalized spacial score (nSPS) is 34.6. The maximum atomic E-state index is 11.8. The minimum Gasteiger partial charge on any atom is -0.447 e. The molecule has 0 bridgehead atoms. The number of rotatable bonds is 8. The van der Waals surface area contributed by atoms with Crippen molar-refractivity contribution in [3.05, 3.63) is 0 Å². The fourth-order valence-corrected chi connectivity index (χ4v) is 3.53. The highest BCUT2D eigenvalue weighted by atomic mass is 16.6. The van der Waals surface area contributed by atoms with Crippen molar-refractivity contribution < 1.29 is 24.9 Å². The fourth-order valence-electron chi connectivity index (χ4n) is 3.53. The molecule has 22 heavy (non-hydrogen) atoms. The summed E-state index contributed by atoms with van der Waals surface area (Å²) < 4.78 is 4.97. The van der Waals surface area contributed by atoms with Gasteiger partial charge in [0, 0.05) is 0 Å². The average Bonchev–Trinajstić information content (AvgIpc) is 2.89. The number of hydrogen-bond acceptors (Lipinski definition) is 5. The number of piperidine rings is 1. The van der Waals surface area contributed by atoms with Gasteiger partial charge in [0.1, 0.15) is 24.9 Å². The number of carbonyl (C=O) groups excluding carboxylic acids is 1. The zero-order chi connectivity index (χ0) is 16.1. The van der Waals surface area contributed by atoms with Gasteiger partial charge in [-0.2, -0.15) is 0 Å². The molecule has 2 saturated heterocycles. The van der Waals surface area contributed by atoms with Gasteiger partial charge >= 0.3 is 6.09 Å². The molecule has 2 fully saturated rings. The van der Waals surface area contributed by atoms with Crippen LogP contribution in [0.1, 0.15) is 58.3 Å². The number of amides is 1. The molecule has 0 unspecified atom stereocenters. The molecule has 3 N–H and O–H groups in total. The zero-order valence-corrected chi connectivity index (χ0v) is 13.4. The lowest BCUT2D eigenvalue weighted by molar-refractivity contribution is -0.143. The molecule has 1 amide bonds. The van der Waals surface area contributed by atoms with Crippen LogP contribution in [0.3, 0.4) is 0 Å². The molecule has 6 heteroatoms. The van der Waals surface area contributed by atoms with Crippen molar-refractivity contribution in [1.29, 1.82) is 0 Å². The molecule has 0 aliphatic carbocycles. The van der Waals surface area contributed by atoms with Crippen molar-refractivity contribution >= 4 is 6.09 Å². The molecule has 0 radical (unpaired) electrons. The summed E-state index contributed by atoms with van der Waals surface area (Å²) in [6.07, 6.45) is 4.74. The number of fused-ring (bicyclic) bond motifs is 1. The molecule has 5 atom stereocenters. The third-order valence-corrected chi connectivity index (χ3v) is 4.89. The average molecular weight is 315 g/mol. The Hall–Kier alpha value is -0.850. The van der Waals surface area contributed by atoms with Crippen LogP contribution in [-0.4, -0.2) is 63.3 Å². The SMILES string of the molecule is CCCCCCCCC[C@@H]1[C@@H](O)[C@@H](O)[C@H](O)[C@H]2COC(=O)N12. The van der Waals surface area contributed by atoms with Gasteiger partial charge in [-0.1, -0.05) is 51.9 Å². The van der Waals surface area contributed by atoms with Gasteiger partial charge in [-0.25, -0.2) is 4.79 Å². The van der Waals surface area contributed by atoms with Gasteiger partial charge in [0.2, 0.25) is 0 Å². The molecule has 0 aromatic rings. The number of cyclic esters (lactones) is 1. The number of aliphatic hydroxyl groups is 3. The Balaban J connectivity index is 1.81. The molecule has 0 spiro atoms. The minimum atomic E-state index is -1.22. The smallest absolute Gasteiger partial charge is 0.410 e. The Morgan fingerprint density at radius 2 is 1.64 bits per heavy atom. The first-order valence-corrected chi connectivity index (χ1v) is 8.57. The predicted molar refractivity (Wildman–Crippen MR) is 81.4 cm³/mol. The van der Waals surface area contributed by atoms with Crippen LogP contribution in [0.25, 0.3) is 0 Å². The summed E-state index contributed by atoms with van der Waals surface area (Å²) in [4.78, 5) is 13.3. The van der Waals surface area contributed by atoms with Crippen molar-refractivity contribution in [1.82, 2.24) is 4.90 Å². The van der Waals surface area contributed by atoms with Gasteiger partial charge in [-0.15, -0.1) is 0 Å². The van der Waals surface area contributed by atoms with Crippen LogP contribution < -0.4 is 0 Å². The summed E-state index contributed by atoms with van der Waals surface area (Å²) >= 11 is 0. The van der Waals surface area contributed by atoms with E-state index in [1.54, 1.807) is 0 Å². The van der Waals surface area contributed by atoms with Gasteiger partial charge in [0.25, 0.3) is 0 Å². The summed E-state index contributed by atoms with van der Waals surface area (Å²) in [7, 11) is 0. The first-order chi connectivity index (χ1) is 10.6. The summed E-state index contributed by atoms with van der Waals surface area (Å²) in [6, 6.07) is -1.01. The van der Waals surface area contributed by atoms with Gasteiger partial charge in [-0.3, -0.25) is 4.90 Å². The molecule has 6 nitrogen and oxygen atoms in total. The maximum Gasteiger partial charge on any atom is 0.410 e. The van der Waals surface area contributed by atoms with Gasteiger partial charge in [0.05, 0.1) is 12.1 Å². The van der Waals surface area contributed by atoms with Crippen molar-refractivity contribution in [2.75, 3.05) is 6.61 Å². The number of ether oxygens (including phenoxy) is 1. The second-order valence-corrected chi connectivity index (χ2v) is 6.50. The monoisotopic (exact) mass is 315 g/mol. The molecule has 2 aliphatic heterocycles. The summed E-state index contributed by atoms with van der Waals surface area (Å²) in [6.45, 7) is 2.27. The van der Waals surface area contributed by atoms with E-state index in [-0.39, 0.29) is 6.61 Å². The van der Waals surface area contributed by atoms with Crippen LogP contribution in [-0.2, 0) is 4.74 Å². The zero-order valence-electron chi connectivity index (χ0n) is 13.4. The quantitative estimate of drug-likeness (QED) is 0.589. The Kier molecular flexibility index (Phi) is 6.47. The van der Waals surface area contributed by atoms with Gasteiger partial charge in [-0.05, 0) is 6.42 Å². The Morgan fingerprint density at radius 3 is 2.32 bits per heavy atom. The lowest BCUT2D eigenvalue weighted by Gasteiger charge is -2.44. The van der Waals surface area contributed by atoms with E-state index >= 15 is 0 Å². The third kappa shape index (κ3) is 3.73. The van der Waals surface area contributed by atoms with Crippen LogP contribution in [0.2, 0.25) is 0 Å². The van der Waals surface area contributed by atoms with E-state index in [2.05, 4.69) is 6.92 Å². The Labute approximate surface area is 132 Å². The van der Waals surface area contributed by atoms with Gasteiger partial charge in [0.15, 0.2) is 0 Å². The fraction of sp³-hybridized carbons (Fsp3) is 0.938. The van der Waals surface area contributed by atoms with E-state index in [4.69, 9.17) is 4.74 Å². The molecule has 2 rings (SSSR count). The second-order valence-electron chi connectivity index (χ2n) is 6.50. The van der Waals surface area contributed by atoms with Crippen LogP contribution in [0, 0.1) is 0 Å². The topological polar surface area (TPSA) is 90.2 Å². The molecule has 0 saturated carbocycles. The van der Waals surface area contributed by atoms with E-state index in [1.165, 1.54) is 30.6 Å². The van der Waals surface area contributed by atoms with Gasteiger partial charge < -0.3 is 20.1 Å². The molecule has 0 aromatic carbocycles. The number of hydrogen-bond donors (Lipinski definition) is 3. The van der Waals surface area contributed by atoms with Crippen LogP contribution in [0.5, 0.6) is 0 Å². The summed E-state index contributed by atoms with van der Waals surface area (Å²) in [5.41, 5.74) is 0. The molecule has 2 heterocycles. The number of nitrogens with zero attached hydrogens (tertiary/aromatic N) is 1. The number of aliphatic hydroxyl groups excluding tert-OH is 3. The maximum absolute atomic E-state index is 11.8. The number of carbonyl (C=O) groups is 1. The highest BCUT2D eigenvalue weighted by molar-refractivity contribution is 5.71. The van der Waals surface area contributed by atoms with E-state index in [9.17, 15) is 20.1 Å². The summed E-state index contributed by atoms with van der Waals surface area (Å²) in [5.74, 6) is 0. The van der Waals surface area contributed by atoms with Crippen molar-refractivity contribution in [3.8, 4) is 0 Å². The van der Waals surface area contributed by atoms with Crippen LogP contribution >= 0.6 is 0 Å². The Bertz CT molecular complexity index is 364. The standard InChI is InChI=1S/C16H29NO5/c1-2-3-4-5-6-7-8-9-11-13(18)15(20)14(19)12-10-22-16(21)17(11)12/h11-15,18-20H,2-10H2,1H3/t11-,12-,13-,14-,15-/m1/s1. The molecule has 128 valence electrons. The second kappa shape index (κ2) is 8.13. The van der Waals surface area contributed by atoms with Crippen molar-refractivity contribution in [2.24, 2.45) is 0 Å². The number of unbranched alkanes of at least 4 members (excludes halogenated alkanes) is 6. The highest BCUT2D eigenvalue weighted by Crippen LogP contribution is 2.32. The van der Waals surface area contributed by atoms with Crippen LogP contribution in [0.15, 0.2) is 0 Å². The van der Waals surface area contributed by atoms with E-state index in [0.717, 1.165) is 19.3 Å². The molecule has 0 aromatic heterocycles. The predicted octanol–water partition coefficient (Wildman–Crippen LogP) is 1.41. The van der Waals surface area contributed by atoms with E-state index in [0.29, 0.717) is 6.42 Å². The van der Waals surface area contributed by atoms with Crippen LogP contribution in [0.4, 0.5) is 4.79 Å². The Morgan fingerprint density at radius 1 is 1.00 bits per heavy atom. The first kappa shape index (κ1) is 17.5. The first-order valence-electron chi connectivity index (χ1n) is 8.57. The lowest BCUT2D eigenvalue weighted by atomic mass is 9.86. The molecule has 2 aliphatic rings. The summed E-state index contributed by atoms with van der Waals surface area (Å²) in [5, 5.41) is 30.1.